The Morgan fingerprint density at radius 1 is 0.938 bits per heavy atom. The first-order valence-electron chi connectivity index (χ1n) is 23.4. The zero-order chi connectivity index (χ0) is 47.0. The highest BCUT2D eigenvalue weighted by molar-refractivity contribution is 6.07. The number of rotatable bonds is 8. The van der Waals surface area contributed by atoms with E-state index in [4.69, 9.17) is 47.4 Å². The summed E-state index contributed by atoms with van der Waals surface area (Å²) >= 11 is 0. The molecular formula is C49H72N2O14. The molecule has 2 bridgehead atoms. The number of carbonyl (C=O) groups is 2. The van der Waals surface area contributed by atoms with Crippen molar-refractivity contribution in [3.8, 4) is 0 Å². The molecule has 4 fully saturated rings. The van der Waals surface area contributed by atoms with Gasteiger partial charge in [0, 0.05) is 58.7 Å². The molecule has 16 nitrogen and oxygen atoms in total. The summed E-state index contributed by atoms with van der Waals surface area (Å²) in [4.78, 5) is 26.3. The van der Waals surface area contributed by atoms with Gasteiger partial charge in [0.2, 0.25) is 5.91 Å². The van der Waals surface area contributed by atoms with Crippen LogP contribution in [0.3, 0.4) is 0 Å². The van der Waals surface area contributed by atoms with Crippen molar-refractivity contribution in [3.05, 3.63) is 59.3 Å². The number of ether oxygens (including phenoxy) is 10. The van der Waals surface area contributed by atoms with E-state index in [1.807, 2.05) is 39.0 Å². The number of fused-ring (bicyclic) bond motifs is 2. The molecule has 6 aliphatic heterocycles. The Kier molecular flexibility index (Phi) is 15.7. The molecule has 0 aromatic carbocycles. The topological polar surface area (TPSA) is 191 Å². The number of esters is 1. The van der Waals surface area contributed by atoms with Gasteiger partial charge in [0.25, 0.3) is 0 Å². The lowest BCUT2D eigenvalue weighted by molar-refractivity contribution is -0.311. The average Bonchev–Trinajstić information content (AvgIpc) is 3.59. The Balaban J connectivity index is 1.17. The van der Waals surface area contributed by atoms with Gasteiger partial charge in [-0.1, -0.05) is 69.3 Å². The minimum atomic E-state index is -1.88. The second-order valence-corrected chi connectivity index (χ2v) is 19.5. The molecule has 3 N–H and O–H groups in total. The lowest BCUT2D eigenvalue weighted by Crippen LogP contribution is -2.58. The van der Waals surface area contributed by atoms with E-state index in [2.05, 4.69) is 50.3 Å². The number of amides is 1. The molecule has 1 amide bonds. The number of oxime groups is 1. The number of allylic oxidation sites excluding steroid dienone is 2. The van der Waals surface area contributed by atoms with E-state index in [1.165, 1.54) is 6.92 Å². The lowest BCUT2D eigenvalue weighted by Gasteiger charge is -2.48. The van der Waals surface area contributed by atoms with Gasteiger partial charge in [-0.05, 0) is 62.8 Å². The third kappa shape index (κ3) is 10.4. The van der Waals surface area contributed by atoms with Crippen molar-refractivity contribution in [2.24, 2.45) is 28.8 Å². The summed E-state index contributed by atoms with van der Waals surface area (Å²) in [6.45, 7) is 17.5. The van der Waals surface area contributed by atoms with Gasteiger partial charge >= 0.3 is 5.97 Å². The van der Waals surface area contributed by atoms with E-state index in [-0.39, 0.29) is 66.8 Å². The minimum absolute atomic E-state index is 0.000789. The first-order chi connectivity index (χ1) is 30.9. The molecule has 1 spiro atoms. The maximum atomic E-state index is 14.4. The molecule has 0 saturated carbocycles. The molecule has 16 heteroatoms. The Hall–Kier alpha value is -3.29. The van der Waals surface area contributed by atoms with Crippen molar-refractivity contribution in [1.82, 2.24) is 5.32 Å². The smallest absolute Gasteiger partial charge is 0.316 e. The van der Waals surface area contributed by atoms with Crippen LogP contribution in [0.2, 0.25) is 0 Å². The van der Waals surface area contributed by atoms with Crippen molar-refractivity contribution in [3.63, 3.8) is 0 Å². The van der Waals surface area contributed by atoms with Crippen LogP contribution in [0.15, 0.2) is 64.4 Å². The number of hydrogen-bond acceptors (Lipinski definition) is 15. The highest BCUT2D eigenvalue weighted by atomic mass is 16.7. The van der Waals surface area contributed by atoms with Crippen LogP contribution in [0.1, 0.15) is 94.4 Å². The van der Waals surface area contributed by atoms with Crippen LogP contribution in [0.4, 0.5) is 0 Å². The fraction of sp³-hybridized carbons (Fsp3) is 0.735. The normalized spacial score (nSPS) is 46.4. The Labute approximate surface area is 383 Å². The predicted molar refractivity (Wildman–Crippen MR) is 238 cm³/mol. The van der Waals surface area contributed by atoms with Crippen molar-refractivity contribution in [2.75, 3.05) is 20.8 Å². The molecule has 0 aromatic rings. The summed E-state index contributed by atoms with van der Waals surface area (Å²) in [5.74, 6) is -2.91. The van der Waals surface area contributed by atoms with E-state index in [1.54, 1.807) is 33.3 Å². The highest BCUT2D eigenvalue weighted by Gasteiger charge is 2.60. The third-order valence-corrected chi connectivity index (χ3v) is 14.3. The predicted octanol–water partition coefficient (Wildman–Crippen LogP) is 5.60. The van der Waals surface area contributed by atoms with Gasteiger partial charge in [0.05, 0.1) is 55.4 Å². The number of methoxy groups -OCH3 is 2. The molecule has 8 unspecified atom stereocenters. The molecule has 65 heavy (non-hydrogen) atoms. The second-order valence-electron chi connectivity index (χ2n) is 19.5. The summed E-state index contributed by atoms with van der Waals surface area (Å²) in [7, 11) is 3.26. The van der Waals surface area contributed by atoms with Crippen LogP contribution in [0.25, 0.3) is 0 Å². The van der Waals surface area contributed by atoms with Crippen LogP contribution in [-0.2, 0) is 57.0 Å². The zero-order valence-corrected chi connectivity index (χ0v) is 39.8. The molecule has 362 valence electrons. The zero-order valence-electron chi connectivity index (χ0n) is 39.8. The quantitative estimate of drug-likeness (QED) is 0.118. The van der Waals surface area contributed by atoms with Crippen LogP contribution >= 0.6 is 0 Å². The Morgan fingerprint density at radius 3 is 2.34 bits per heavy atom. The fourth-order valence-electron chi connectivity index (χ4n) is 10.9. The van der Waals surface area contributed by atoms with Crippen LogP contribution < -0.4 is 5.32 Å². The molecule has 0 radical (unpaired) electrons. The molecule has 7 rings (SSSR count). The van der Waals surface area contributed by atoms with Crippen LogP contribution in [0, 0.1) is 23.7 Å². The van der Waals surface area contributed by atoms with Crippen molar-refractivity contribution in [1.29, 1.82) is 0 Å². The molecular weight excluding hydrogens is 841 g/mol. The first-order valence-corrected chi connectivity index (χ1v) is 23.4. The van der Waals surface area contributed by atoms with E-state index >= 15 is 0 Å². The summed E-state index contributed by atoms with van der Waals surface area (Å²) in [5.41, 5.74) is 0.175. The Morgan fingerprint density at radius 2 is 1.65 bits per heavy atom. The van der Waals surface area contributed by atoms with Gasteiger partial charge in [-0.2, -0.15) is 0 Å². The van der Waals surface area contributed by atoms with Gasteiger partial charge in [-0.15, -0.1) is 0 Å². The maximum absolute atomic E-state index is 14.4. The fourth-order valence-corrected chi connectivity index (χ4v) is 10.9. The first kappa shape index (κ1) is 49.6. The number of carbonyl (C=O) groups excluding carboxylic acids is 2. The largest absolute Gasteiger partial charge is 0.462 e. The van der Waals surface area contributed by atoms with Crippen LogP contribution in [0.5, 0.6) is 0 Å². The van der Waals surface area contributed by atoms with Gasteiger partial charge in [0.1, 0.15) is 35.5 Å². The van der Waals surface area contributed by atoms with Gasteiger partial charge in [-0.25, -0.2) is 0 Å². The summed E-state index contributed by atoms with van der Waals surface area (Å²) in [6.07, 6.45) is 9.32. The molecule has 0 aromatic heterocycles. The highest BCUT2D eigenvalue weighted by Crippen LogP contribution is 2.46. The number of nitrogens with zero attached hydrogens (tertiary/aromatic N) is 1. The van der Waals surface area contributed by atoms with E-state index in [0.717, 1.165) is 5.57 Å². The minimum Gasteiger partial charge on any atom is -0.462 e. The van der Waals surface area contributed by atoms with E-state index in [0.29, 0.717) is 36.8 Å². The number of hydrogen-bond donors (Lipinski definition) is 3. The standard InChI is InChI=1S/C49H72N2O14/c1-25(2)43-28(5)17-18-48(65-43)23-35-20-34(64-48)16-15-27(4)44(26(3)13-12-14-33-24-58-46-41(51-55)29(6)19-36(47(53)61-35)49(33,46)54)62-40-22-38(57-11)45(31(8)60-40)63-39-21-37(56-10)42(30(7)59-39)50-32(9)52/h12-15,17-19,25-26,28,30-31,34-40,42-46,54-55H,16,20-24H2,1-11H3,(H,50,52)/b13-12+,27-15+,33-14+,51-41+/t26?,28-,30+,31-,34?,35?,36?,37+,38-,39+,40?,42-,43?,44+,45-,46?,48?,49-/m1/s1. The van der Waals surface area contributed by atoms with Gasteiger partial charge < -0.3 is 63.0 Å². The van der Waals surface area contributed by atoms with E-state index < -0.39 is 78.6 Å². The summed E-state index contributed by atoms with van der Waals surface area (Å²) in [6, 6.07) is -0.318. The van der Waals surface area contributed by atoms with E-state index in [9.17, 15) is 19.9 Å². The summed E-state index contributed by atoms with van der Waals surface area (Å²) in [5, 5.41) is 29.1. The molecule has 4 saturated heterocycles. The monoisotopic (exact) mass is 912 g/mol. The number of nitrogens with one attached hydrogen (secondary N) is 1. The second kappa shape index (κ2) is 20.5. The van der Waals surface area contributed by atoms with Gasteiger partial charge in [0.15, 0.2) is 18.4 Å². The number of aliphatic hydroxyl groups is 1. The SMILES string of the molecule is CO[C@H]1C[C@H](O[C@@H]2[C@@H](C)OC(O[C@@H]3/C(C)=C/CC4CC(CC5(C=C[C@@H](C)C(C(C)C)O5)O4)OC(=O)C4C=C(C)/C(=N\O)C5OC/C(=C\C=C\C3C)[C@@]45O)C[C@H]2OC)O[C@@H](C)[C@H]1NC(C)=O. The third-order valence-electron chi connectivity index (χ3n) is 14.3. The Bertz CT molecular complexity index is 1910. The maximum Gasteiger partial charge on any atom is 0.316 e. The van der Waals surface area contributed by atoms with Crippen molar-refractivity contribution >= 4 is 17.6 Å². The molecule has 1 aliphatic carbocycles. The van der Waals surface area contributed by atoms with Gasteiger partial charge in [-0.3, -0.25) is 9.59 Å². The molecule has 6 heterocycles. The van der Waals surface area contributed by atoms with Crippen molar-refractivity contribution in [2.45, 2.75) is 185 Å². The van der Waals surface area contributed by atoms with Crippen molar-refractivity contribution < 1.29 is 67.3 Å². The average molecular weight is 913 g/mol. The van der Waals surface area contributed by atoms with Crippen LogP contribution in [-0.4, -0.2) is 140 Å². The molecule has 18 atom stereocenters. The summed E-state index contributed by atoms with van der Waals surface area (Å²) < 4.78 is 64.3. The molecule has 7 aliphatic rings. The lowest BCUT2D eigenvalue weighted by atomic mass is 9.71.